The molecule has 0 fully saturated rings. The monoisotopic (exact) mass is 450 g/mol. The molecule has 0 saturated heterocycles. The standard InChI is InChI=1S/C24H20F2N4O3/c1-29-13-19(18(12-22(29)31)14-3-6-16(25)7-4-14)23(32)28-21-11-15(5-8-20(21)26)17-9-10-27-30(2)24(17)33/h3-11,13,18H,12H2,1-2H3,(H,28,32). The Kier molecular flexibility index (Phi) is 5.87. The van der Waals surface area contributed by atoms with Gasteiger partial charge in [0.1, 0.15) is 11.6 Å². The Balaban J connectivity index is 1.68. The molecule has 2 heterocycles. The first kappa shape index (κ1) is 22.1. The summed E-state index contributed by atoms with van der Waals surface area (Å²) in [5.41, 5.74) is 1.05. The summed E-state index contributed by atoms with van der Waals surface area (Å²) in [7, 11) is 3.03. The van der Waals surface area contributed by atoms with E-state index < -0.39 is 23.5 Å². The first-order valence-corrected chi connectivity index (χ1v) is 10.1. The molecule has 0 spiro atoms. The topological polar surface area (TPSA) is 84.3 Å². The molecule has 3 aromatic rings. The van der Waals surface area contributed by atoms with Crippen LogP contribution < -0.4 is 10.9 Å². The van der Waals surface area contributed by atoms with Crippen molar-refractivity contribution >= 4 is 17.5 Å². The minimum absolute atomic E-state index is 0.0109. The van der Waals surface area contributed by atoms with Crippen molar-refractivity contribution in [3.63, 3.8) is 0 Å². The molecule has 0 saturated carbocycles. The SMILES string of the molecule is CN1C=C(C(=O)Nc2cc(-c3ccnn(C)c3=O)ccc2F)C(c2ccc(F)cc2)CC1=O. The summed E-state index contributed by atoms with van der Waals surface area (Å²) in [6.07, 6.45) is 2.86. The Labute approximate surface area is 188 Å². The van der Waals surface area contributed by atoms with E-state index in [2.05, 4.69) is 10.4 Å². The summed E-state index contributed by atoms with van der Waals surface area (Å²) in [6, 6.07) is 11.0. The maximum Gasteiger partial charge on any atom is 0.274 e. The van der Waals surface area contributed by atoms with Crippen molar-refractivity contribution in [1.29, 1.82) is 0 Å². The molecule has 4 rings (SSSR count). The van der Waals surface area contributed by atoms with Gasteiger partial charge in [0.2, 0.25) is 5.91 Å². The number of rotatable bonds is 4. The highest BCUT2D eigenvalue weighted by Gasteiger charge is 2.31. The molecule has 0 bridgehead atoms. The van der Waals surface area contributed by atoms with Crippen LogP contribution in [0.2, 0.25) is 0 Å². The number of carbonyl (C=O) groups is 2. The fourth-order valence-corrected chi connectivity index (χ4v) is 3.72. The van der Waals surface area contributed by atoms with E-state index in [9.17, 15) is 23.2 Å². The van der Waals surface area contributed by atoms with E-state index in [1.807, 2.05) is 0 Å². The highest BCUT2D eigenvalue weighted by atomic mass is 19.1. The number of aromatic nitrogens is 2. The highest BCUT2D eigenvalue weighted by Crippen LogP contribution is 2.34. The van der Waals surface area contributed by atoms with Crippen LogP contribution in [0.5, 0.6) is 0 Å². The Morgan fingerprint density at radius 2 is 1.79 bits per heavy atom. The van der Waals surface area contributed by atoms with Gasteiger partial charge in [0.05, 0.1) is 11.3 Å². The molecule has 1 atom stereocenters. The van der Waals surface area contributed by atoms with E-state index in [0.717, 1.165) is 10.7 Å². The third kappa shape index (κ3) is 4.43. The average molecular weight is 450 g/mol. The zero-order valence-electron chi connectivity index (χ0n) is 17.9. The van der Waals surface area contributed by atoms with Gasteiger partial charge in [-0.3, -0.25) is 14.4 Å². The van der Waals surface area contributed by atoms with Gasteiger partial charge >= 0.3 is 0 Å². The predicted octanol–water partition coefficient (Wildman–Crippen LogP) is 3.19. The summed E-state index contributed by atoms with van der Waals surface area (Å²) in [5.74, 6) is -2.55. The third-order valence-corrected chi connectivity index (χ3v) is 5.55. The van der Waals surface area contributed by atoms with Crippen molar-refractivity contribution in [2.45, 2.75) is 12.3 Å². The number of nitrogens with zero attached hydrogens (tertiary/aromatic N) is 3. The lowest BCUT2D eigenvalue weighted by Gasteiger charge is -2.28. The largest absolute Gasteiger partial charge is 0.322 e. The van der Waals surface area contributed by atoms with E-state index in [-0.39, 0.29) is 29.1 Å². The number of carbonyl (C=O) groups excluding carboxylic acids is 2. The zero-order valence-corrected chi connectivity index (χ0v) is 17.9. The van der Waals surface area contributed by atoms with Gasteiger partial charge in [-0.05, 0) is 41.5 Å². The van der Waals surface area contributed by atoms with Crippen LogP contribution in [-0.4, -0.2) is 33.5 Å². The minimum atomic E-state index is -0.683. The van der Waals surface area contributed by atoms with Crippen molar-refractivity contribution in [3.05, 3.63) is 94.1 Å². The third-order valence-electron chi connectivity index (χ3n) is 5.55. The van der Waals surface area contributed by atoms with E-state index in [1.54, 1.807) is 0 Å². The second-order valence-corrected chi connectivity index (χ2v) is 7.72. The lowest BCUT2D eigenvalue weighted by atomic mass is 9.85. The van der Waals surface area contributed by atoms with Crippen LogP contribution in [0, 0.1) is 11.6 Å². The summed E-state index contributed by atoms with van der Waals surface area (Å²) >= 11 is 0. The Morgan fingerprint density at radius 1 is 1.06 bits per heavy atom. The maximum atomic E-state index is 14.6. The number of anilines is 1. The van der Waals surface area contributed by atoms with Crippen LogP contribution >= 0.6 is 0 Å². The van der Waals surface area contributed by atoms with Crippen LogP contribution in [0.15, 0.2) is 71.3 Å². The van der Waals surface area contributed by atoms with Gasteiger partial charge in [-0.1, -0.05) is 18.2 Å². The van der Waals surface area contributed by atoms with Crippen LogP contribution in [0.3, 0.4) is 0 Å². The molecule has 9 heteroatoms. The first-order valence-electron chi connectivity index (χ1n) is 10.1. The second-order valence-electron chi connectivity index (χ2n) is 7.72. The summed E-state index contributed by atoms with van der Waals surface area (Å²) < 4.78 is 29.1. The van der Waals surface area contributed by atoms with E-state index in [4.69, 9.17) is 0 Å². The first-order chi connectivity index (χ1) is 15.7. The van der Waals surface area contributed by atoms with Crippen LogP contribution in [-0.2, 0) is 16.6 Å². The number of hydrogen-bond donors (Lipinski definition) is 1. The van der Waals surface area contributed by atoms with Gasteiger partial charge in [0, 0.05) is 44.4 Å². The van der Waals surface area contributed by atoms with Gasteiger partial charge in [-0.15, -0.1) is 0 Å². The zero-order chi connectivity index (χ0) is 23.7. The Bertz CT molecular complexity index is 1330. The molecule has 0 aliphatic carbocycles. The molecule has 1 aliphatic rings. The van der Waals surface area contributed by atoms with Crippen LogP contribution in [0.1, 0.15) is 17.9 Å². The number of halogens is 2. The van der Waals surface area contributed by atoms with E-state index in [0.29, 0.717) is 16.7 Å². The molecule has 168 valence electrons. The molecule has 2 aromatic carbocycles. The molecule has 33 heavy (non-hydrogen) atoms. The average Bonchev–Trinajstić information content (AvgIpc) is 2.79. The smallest absolute Gasteiger partial charge is 0.274 e. The molecular weight excluding hydrogens is 430 g/mol. The van der Waals surface area contributed by atoms with Gasteiger partial charge in [0.15, 0.2) is 0 Å². The van der Waals surface area contributed by atoms with E-state index >= 15 is 0 Å². The van der Waals surface area contributed by atoms with Gasteiger partial charge in [-0.2, -0.15) is 5.10 Å². The summed E-state index contributed by atoms with van der Waals surface area (Å²) in [4.78, 5) is 39.1. The van der Waals surface area contributed by atoms with Crippen LogP contribution in [0.25, 0.3) is 11.1 Å². The lowest BCUT2D eigenvalue weighted by molar-refractivity contribution is -0.128. The summed E-state index contributed by atoms with van der Waals surface area (Å²) in [5, 5.41) is 6.42. The van der Waals surface area contributed by atoms with Gasteiger partial charge < -0.3 is 10.2 Å². The molecule has 1 aromatic heterocycles. The lowest BCUT2D eigenvalue weighted by Crippen LogP contribution is -2.33. The van der Waals surface area contributed by atoms with Crippen molar-refractivity contribution in [1.82, 2.24) is 14.7 Å². The number of nitrogens with one attached hydrogen (secondary N) is 1. The fourth-order valence-electron chi connectivity index (χ4n) is 3.72. The van der Waals surface area contributed by atoms with Crippen LogP contribution in [0.4, 0.5) is 14.5 Å². The Hall–Kier alpha value is -4.14. The minimum Gasteiger partial charge on any atom is -0.322 e. The second kappa shape index (κ2) is 8.78. The van der Waals surface area contributed by atoms with E-state index in [1.165, 1.54) is 73.9 Å². The molecular formula is C24H20F2N4O3. The normalized spacial score (nSPS) is 15.9. The molecule has 7 nitrogen and oxygen atoms in total. The van der Waals surface area contributed by atoms with Crippen molar-refractivity contribution < 1.29 is 18.4 Å². The molecule has 1 unspecified atom stereocenters. The van der Waals surface area contributed by atoms with Crippen molar-refractivity contribution in [3.8, 4) is 11.1 Å². The molecule has 0 radical (unpaired) electrons. The highest BCUT2D eigenvalue weighted by molar-refractivity contribution is 6.06. The fraction of sp³-hybridized carbons (Fsp3) is 0.167. The predicted molar refractivity (Wildman–Crippen MR) is 118 cm³/mol. The number of amides is 2. The quantitative estimate of drug-likeness (QED) is 0.662. The van der Waals surface area contributed by atoms with Crippen molar-refractivity contribution in [2.24, 2.45) is 7.05 Å². The maximum absolute atomic E-state index is 14.6. The number of hydrogen-bond acceptors (Lipinski definition) is 4. The Morgan fingerprint density at radius 3 is 2.52 bits per heavy atom. The summed E-state index contributed by atoms with van der Waals surface area (Å²) in [6.45, 7) is 0. The van der Waals surface area contributed by atoms with Gasteiger partial charge in [-0.25, -0.2) is 13.5 Å². The van der Waals surface area contributed by atoms with Gasteiger partial charge in [0.25, 0.3) is 11.5 Å². The number of aryl methyl sites for hydroxylation is 1. The van der Waals surface area contributed by atoms with Crippen molar-refractivity contribution in [2.75, 3.05) is 12.4 Å². The molecule has 1 N–H and O–H groups in total. The molecule has 1 aliphatic heterocycles. The number of benzene rings is 2. The molecule has 2 amide bonds.